The van der Waals surface area contributed by atoms with Crippen molar-refractivity contribution in [1.82, 2.24) is 9.97 Å². The van der Waals surface area contributed by atoms with Gasteiger partial charge in [0.15, 0.2) is 5.82 Å². The SMILES string of the molecule is Fc1cc(Br)c(F)c2c(Cl)nc(Cl)nc12. The third kappa shape index (κ3) is 1.79. The maximum atomic E-state index is 13.5. The van der Waals surface area contributed by atoms with E-state index < -0.39 is 11.6 Å². The predicted molar refractivity (Wildman–Crippen MR) is 57.2 cm³/mol. The fourth-order valence-electron chi connectivity index (χ4n) is 1.14. The van der Waals surface area contributed by atoms with Crippen molar-refractivity contribution in [2.24, 2.45) is 0 Å². The molecule has 0 saturated carbocycles. The van der Waals surface area contributed by atoms with Crippen LogP contribution in [0.5, 0.6) is 0 Å². The Hall–Kier alpha value is -0.520. The van der Waals surface area contributed by atoms with E-state index in [4.69, 9.17) is 23.2 Å². The van der Waals surface area contributed by atoms with Gasteiger partial charge >= 0.3 is 0 Å². The summed E-state index contributed by atoms with van der Waals surface area (Å²) in [6.45, 7) is 0. The third-order valence-electron chi connectivity index (χ3n) is 1.75. The number of fused-ring (bicyclic) bond motifs is 1. The van der Waals surface area contributed by atoms with Crippen LogP contribution in [0.4, 0.5) is 8.78 Å². The van der Waals surface area contributed by atoms with E-state index in [1.165, 1.54) is 0 Å². The van der Waals surface area contributed by atoms with Gasteiger partial charge in [-0.25, -0.2) is 18.7 Å². The zero-order valence-corrected chi connectivity index (χ0v) is 9.96. The van der Waals surface area contributed by atoms with Gasteiger partial charge in [0.2, 0.25) is 5.28 Å². The van der Waals surface area contributed by atoms with Crippen LogP contribution < -0.4 is 0 Å². The van der Waals surface area contributed by atoms with Gasteiger partial charge in [-0.15, -0.1) is 0 Å². The second-order valence-electron chi connectivity index (χ2n) is 2.66. The maximum absolute atomic E-state index is 13.5. The van der Waals surface area contributed by atoms with Crippen molar-refractivity contribution in [3.63, 3.8) is 0 Å². The van der Waals surface area contributed by atoms with E-state index in [0.29, 0.717) is 0 Å². The molecular formula is C8HBrCl2F2N2. The highest BCUT2D eigenvalue weighted by Gasteiger charge is 2.16. The van der Waals surface area contributed by atoms with Crippen molar-refractivity contribution in [3.8, 4) is 0 Å². The molecule has 0 fully saturated rings. The molecule has 15 heavy (non-hydrogen) atoms. The zero-order chi connectivity index (χ0) is 11.2. The van der Waals surface area contributed by atoms with E-state index in [0.717, 1.165) is 6.07 Å². The Balaban J connectivity index is 3.03. The van der Waals surface area contributed by atoms with Crippen LogP contribution in [-0.4, -0.2) is 9.97 Å². The van der Waals surface area contributed by atoms with E-state index in [1.807, 2.05) is 0 Å². The van der Waals surface area contributed by atoms with Crippen LogP contribution in [0, 0.1) is 11.6 Å². The van der Waals surface area contributed by atoms with Crippen molar-refractivity contribution in [2.75, 3.05) is 0 Å². The van der Waals surface area contributed by atoms with Crippen molar-refractivity contribution < 1.29 is 8.78 Å². The number of hydrogen-bond donors (Lipinski definition) is 0. The topological polar surface area (TPSA) is 25.8 Å². The average Bonchev–Trinajstić information content (AvgIpc) is 2.13. The van der Waals surface area contributed by atoms with Gasteiger partial charge in [0.05, 0.1) is 9.86 Å². The van der Waals surface area contributed by atoms with Crippen LogP contribution >= 0.6 is 39.1 Å². The van der Waals surface area contributed by atoms with Crippen LogP contribution in [-0.2, 0) is 0 Å². The molecule has 7 heteroatoms. The molecule has 0 saturated heterocycles. The summed E-state index contributed by atoms with van der Waals surface area (Å²) >= 11 is 14.0. The molecule has 0 aliphatic rings. The van der Waals surface area contributed by atoms with Gasteiger partial charge in [0, 0.05) is 0 Å². The molecule has 0 radical (unpaired) electrons. The predicted octanol–water partition coefficient (Wildman–Crippen LogP) is 3.98. The molecule has 0 N–H and O–H groups in total. The molecule has 78 valence electrons. The summed E-state index contributed by atoms with van der Waals surface area (Å²) in [6, 6.07) is 0.956. The highest BCUT2D eigenvalue weighted by atomic mass is 79.9. The highest BCUT2D eigenvalue weighted by Crippen LogP contribution is 2.31. The average molecular weight is 314 g/mol. The van der Waals surface area contributed by atoms with Crippen molar-refractivity contribution in [2.45, 2.75) is 0 Å². The highest BCUT2D eigenvalue weighted by molar-refractivity contribution is 9.10. The molecule has 0 atom stereocenters. The first kappa shape index (κ1) is 11.0. The van der Waals surface area contributed by atoms with Gasteiger partial charge in [-0.1, -0.05) is 11.6 Å². The van der Waals surface area contributed by atoms with Gasteiger partial charge < -0.3 is 0 Å². The molecule has 0 bridgehead atoms. The largest absolute Gasteiger partial charge is 0.224 e. The van der Waals surface area contributed by atoms with Gasteiger partial charge in [0.25, 0.3) is 0 Å². The van der Waals surface area contributed by atoms with E-state index in [2.05, 4.69) is 25.9 Å². The molecule has 2 rings (SSSR count). The van der Waals surface area contributed by atoms with E-state index in [9.17, 15) is 8.78 Å². The first-order valence-electron chi connectivity index (χ1n) is 3.67. The van der Waals surface area contributed by atoms with Crippen LogP contribution in [0.25, 0.3) is 10.9 Å². The summed E-state index contributed by atoms with van der Waals surface area (Å²) in [5.74, 6) is -1.43. The summed E-state index contributed by atoms with van der Waals surface area (Å²) in [6.07, 6.45) is 0. The standard InChI is InChI=1S/C8HBrCl2F2N2/c9-2-1-3(12)6-4(5(2)13)7(10)15-8(11)14-6/h1H. The van der Waals surface area contributed by atoms with Gasteiger partial charge in [0.1, 0.15) is 16.5 Å². The minimum Gasteiger partial charge on any atom is -0.215 e. The number of rotatable bonds is 0. The Bertz CT molecular complexity index is 562. The fourth-order valence-corrected chi connectivity index (χ4v) is 2.00. The number of aromatic nitrogens is 2. The molecule has 0 unspecified atom stereocenters. The lowest BCUT2D eigenvalue weighted by molar-refractivity contribution is 0.609. The minimum absolute atomic E-state index is 0.0414. The maximum Gasteiger partial charge on any atom is 0.224 e. The van der Waals surface area contributed by atoms with Crippen molar-refractivity contribution in [1.29, 1.82) is 0 Å². The smallest absolute Gasteiger partial charge is 0.215 e. The second-order valence-corrected chi connectivity index (χ2v) is 4.21. The monoisotopic (exact) mass is 312 g/mol. The third-order valence-corrected chi connectivity index (χ3v) is 2.77. The minimum atomic E-state index is -0.718. The Labute approximate surface area is 101 Å². The van der Waals surface area contributed by atoms with Crippen LogP contribution in [0.15, 0.2) is 10.5 Å². The molecule has 1 heterocycles. The molecule has 0 aliphatic heterocycles. The van der Waals surface area contributed by atoms with Crippen LogP contribution in [0.1, 0.15) is 0 Å². The Morgan fingerprint density at radius 3 is 2.53 bits per heavy atom. The lowest BCUT2D eigenvalue weighted by Gasteiger charge is -2.04. The Kier molecular flexibility index (Phi) is 2.79. The lowest BCUT2D eigenvalue weighted by atomic mass is 10.2. The number of hydrogen-bond acceptors (Lipinski definition) is 2. The molecule has 2 aromatic rings. The summed E-state index contributed by atoms with van der Waals surface area (Å²) < 4.78 is 26.9. The zero-order valence-electron chi connectivity index (χ0n) is 6.86. The van der Waals surface area contributed by atoms with Crippen LogP contribution in [0.2, 0.25) is 10.4 Å². The summed E-state index contributed by atoms with van der Waals surface area (Å²) in [5, 5.41) is -0.635. The van der Waals surface area contributed by atoms with Crippen molar-refractivity contribution >= 4 is 50.0 Å². The number of halogens is 5. The normalized spacial score (nSPS) is 11.0. The Morgan fingerprint density at radius 2 is 1.87 bits per heavy atom. The summed E-state index contributed by atoms with van der Waals surface area (Å²) in [4.78, 5) is 7.11. The number of benzene rings is 1. The Morgan fingerprint density at radius 1 is 1.20 bits per heavy atom. The molecule has 0 amide bonds. The lowest BCUT2D eigenvalue weighted by Crippen LogP contribution is -1.94. The van der Waals surface area contributed by atoms with Crippen LogP contribution in [0.3, 0.4) is 0 Å². The number of nitrogens with zero attached hydrogens (tertiary/aromatic N) is 2. The molecular weight excluding hydrogens is 313 g/mol. The fraction of sp³-hybridized carbons (Fsp3) is 0. The van der Waals surface area contributed by atoms with Gasteiger partial charge in [-0.2, -0.15) is 0 Å². The quantitative estimate of drug-likeness (QED) is 0.418. The molecule has 2 nitrogen and oxygen atoms in total. The van der Waals surface area contributed by atoms with E-state index >= 15 is 0 Å². The summed E-state index contributed by atoms with van der Waals surface area (Å²) in [5.41, 5.74) is -0.235. The van der Waals surface area contributed by atoms with Gasteiger partial charge in [-0.05, 0) is 33.6 Å². The second kappa shape index (κ2) is 3.81. The van der Waals surface area contributed by atoms with Crippen molar-refractivity contribution in [3.05, 3.63) is 32.6 Å². The first-order chi connectivity index (χ1) is 7.00. The molecule has 1 aromatic heterocycles. The van der Waals surface area contributed by atoms with E-state index in [-0.39, 0.29) is 25.8 Å². The van der Waals surface area contributed by atoms with E-state index in [1.54, 1.807) is 0 Å². The summed E-state index contributed by atoms with van der Waals surface area (Å²) in [7, 11) is 0. The molecule has 0 spiro atoms. The van der Waals surface area contributed by atoms with Gasteiger partial charge in [-0.3, -0.25) is 0 Å². The molecule has 0 aliphatic carbocycles. The first-order valence-corrected chi connectivity index (χ1v) is 5.22. The molecule has 1 aromatic carbocycles.